The van der Waals surface area contributed by atoms with Crippen LogP contribution in [-0.4, -0.2) is 69.0 Å². The van der Waals surface area contributed by atoms with Crippen LogP contribution in [0.2, 0.25) is 25.7 Å². The van der Waals surface area contributed by atoms with E-state index < -0.39 is 50.7 Å². The van der Waals surface area contributed by atoms with Crippen molar-refractivity contribution >= 4 is 8.07 Å². The molecule has 2 aromatic carbocycles. The number of aliphatic hydroxyl groups excluding tert-OH is 1. The molecule has 2 heterocycles. The van der Waals surface area contributed by atoms with Crippen LogP contribution in [-0.2, 0) is 41.6 Å². The molecule has 1 N–H and O–H groups in total. The largest absolute Gasteiger partial charge is 0.387 e. The summed E-state index contributed by atoms with van der Waals surface area (Å²) in [6.45, 7) is 12.2. The van der Waals surface area contributed by atoms with Crippen LogP contribution in [0, 0.1) is 0 Å². The van der Waals surface area contributed by atoms with Crippen molar-refractivity contribution in [3.8, 4) is 0 Å². The van der Waals surface area contributed by atoms with Crippen LogP contribution in [0.25, 0.3) is 0 Å². The standard InChI is InChI=1S/C29H42O7Si/c1-29(2)35-26-24(30)25(34-28(27(26)36-29)32-16-17-37(3,4)5)23(33-19-22-14-10-7-11-15-22)20-31-18-21-12-8-6-9-13-21/h6-15,23-28,30H,16-20H2,1-5H3/t23-,24+,25+,26-,27-,28-/m0/s1. The van der Waals surface area contributed by atoms with E-state index in [0.717, 1.165) is 17.2 Å². The van der Waals surface area contributed by atoms with Crippen LogP contribution < -0.4 is 0 Å². The van der Waals surface area contributed by atoms with E-state index in [-0.39, 0.29) is 6.61 Å². The summed E-state index contributed by atoms with van der Waals surface area (Å²) >= 11 is 0. The van der Waals surface area contributed by atoms with Crippen molar-refractivity contribution in [1.82, 2.24) is 0 Å². The van der Waals surface area contributed by atoms with Gasteiger partial charge in [0.2, 0.25) is 0 Å². The zero-order chi connectivity index (χ0) is 26.5. The number of benzene rings is 2. The van der Waals surface area contributed by atoms with E-state index in [2.05, 4.69) is 19.6 Å². The fourth-order valence-corrected chi connectivity index (χ4v) is 5.33. The Morgan fingerprint density at radius 2 is 1.49 bits per heavy atom. The predicted octanol–water partition coefficient (Wildman–Crippen LogP) is 4.75. The van der Waals surface area contributed by atoms with Gasteiger partial charge in [-0.25, -0.2) is 0 Å². The molecular weight excluding hydrogens is 488 g/mol. The quantitative estimate of drug-likeness (QED) is 0.397. The molecule has 2 fully saturated rings. The molecule has 0 amide bonds. The Labute approximate surface area is 222 Å². The van der Waals surface area contributed by atoms with Crippen molar-refractivity contribution in [1.29, 1.82) is 0 Å². The van der Waals surface area contributed by atoms with Gasteiger partial charge in [0.1, 0.15) is 30.5 Å². The second-order valence-corrected chi connectivity index (χ2v) is 17.2. The fourth-order valence-electron chi connectivity index (χ4n) is 4.60. The summed E-state index contributed by atoms with van der Waals surface area (Å²) in [5.41, 5.74) is 2.10. The van der Waals surface area contributed by atoms with Gasteiger partial charge in [-0.15, -0.1) is 0 Å². The van der Waals surface area contributed by atoms with Crippen molar-refractivity contribution in [2.75, 3.05) is 13.2 Å². The van der Waals surface area contributed by atoms with Crippen LogP contribution in [0.5, 0.6) is 0 Å². The molecule has 0 saturated carbocycles. The average molecular weight is 531 g/mol. The molecule has 2 aliphatic rings. The molecule has 6 atom stereocenters. The number of ether oxygens (including phenoxy) is 6. The van der Waals surface area contributed by atoms with Crippen LogP contribution in [0.3, 0.4) is 0 Å². The van der Waals surface area contributed by atoms with Crippen LogP contribution in [0.15, 0.2) is 60.7 Å². The highest BCUT2D eigenvalue weighted by molar-refractivity contribution is 6.76. The third kappa shape index (κ3) is 8.18. The molecule has 0 bridgehead atoms. The van der Waals surface area contributed by atoms with Gasteiger partial charge >= 0.3 is 0 Å². The van der Waals surface area contributed by atoms with Crippen molar-refractivity contribution in [3.05, 3.63) is 71.8 Å². The molecule has 204 valence electrons. The summed E-state index contributed by atoms with van der Waals surface area (Å²) in [6.07, 6.45) is -4.02. The second-order valence-electron chi connectivity index (χ2n) is 11.5. The zero-order valence-electron chi connectivity index (χ0n) is 22.7. The molecule has 2 aliphatic heterocycles. The van der Waals surface area contributed by atoms with Gasteiger partial charge in [-0.1, -0.05) is 80.3 Å². The molecular formula is C29H42O7Si. The third-order valence-corrected chi connectivity index (χ3v) is 8.30. The maximum Gasteiger partial charge on any atom is 0.187 e. The van der Waals surface area contributed by atoms with E-state index in [1.807, 2.05) is 74.5 Å². The highest BCUT2D eigenvalue weighted by Crippen LogP contribution is 2.39. The Hall–Kier alpha value is -1.62. The van der Waals surface area contributed by atoms with Gasteiger partial charge in [0.25, 0.3) is 0 Å². The molecule has 4 rings (SSSR count). The third-order valence-electron chi connectivity index (χ3n) is 6.60. The number of rotatable bonds is 12. The van der Waals surface area contributed by atoms with Gasteiger partial charge in [0, 0.05) is 14.7 Å². The Balaban J connectivity index is 1.49. The number of fused-ring (bicyclic) bond motifs is 1. The van der Waals surface area contributed by atoms with Crippen LogP contribution in [0.4, 0.5) is 0 Å². The number of aliphatic hydroxyl groups is 1. The highest BCUT2D eigenvalue weighted by atomic mass is 28.3. The van der Waals surface area contributed by atoms with E-state index in [4.69, 9.17) is 28.4 Å². The summed E-state index contributed by atoms with van der Waals surface area (Å²) in [5.74, 6) is -0.848. The molecule has 0 aromatic heterocycles. The van der Waals surface area contributed by atoms with Gasteiger partial charge in [-0.2, -0.15) is 0 Å². The monoisotopic (exact) mass is 530 g/mol. The molecule has 0 unspecified atom stereocenters. The first-order valence-corrected chi connectivity index (χ1v) is 16.9. The molecule has 2 saturated heterocycles. The molecule has 0 aliphatic carbocycles. The fraction of sp³-hybridized carbons (Fsp3) is 0.586. The summed E-state index contributed by atoms with van der Waals surface area (Å²) in [4.78, 5) is 0. The Morgan fingerprint density at radius 3 is 2.11 bits per heavy atom. The lowest BCUT2D eigenvalue weighted by atomic mass is 9.95. The van der Waals surface area contributed by atoms with E-state index in [0.29, 0.717) is 19.8 Å². The van der Waals surface area contributed by atoms with Gasteiger partial charge in [0.05, 0.1) is 19.8 Å². The first kappa shape index (κ1) is 28.4. The lowest BCUT2D eigenvalue weighted by Crippen LogP contribution is -2.61. The molecule has 0 spiro atoms. The van der Waals surface area contributed by atoms with E-state index in [1.165, 1.54) is 0 Å². The maximum atomic E-state index is 11.4. The van der Waals surface area contributed by atoms with Gasteiger partial charge < -0.3 is 33.5 Å². The van der Waals surface area contributed by atoms with Crippen molar-refractivity contribution in [2.24, 2.45) is 0 Å². The second kappa shape index (κ2) is 12.5. The van der Waals surface area contributed by atoms with Crippen LogP contribution >= 0.6 is 0 Å². The topological polar surface area (TPSA) is 75.6 Å². The Morgan fingerprint density at radius 1 is 0.892 bits per heavy atom. The molecule has 7 nitrogen and oxygen atoms in total. The van der Waals surface area contributed by atoms with Crippen molar-refractivity contribution in [2.45, 2.75) is 95.3 Å². The summed E-state index contributed by atoms with van der Waals surface area (Å²) in [6, 6.07) is 20.9. The normalized spacial score (nSPS) is 28.1. The van der Waals surface area contributed by atoms with Crippen molar-refractivity contribution in [3.63, 3.8) is 0 Å². The average Bonchev–Trinajstić information content (AvgIpc) is 3.19. The molecule has 0 radical (unpaired) electrons. The van der Waals surface area contributed by atoms with Crippen molar-refractivity contribution < 1.29 is 33.5 Å². The number of hydrogen-bond acceptors (Lipinski definition) is 7. The Bertz CT molecular complexity index is 950. The van der Waals surface area contributed by atoms with E-state index >= 15 is 0 Å². The minimum atomic E-state index is -1.30. The number of hydrogen-bond donors (Lipinski definition) is 1. The van der Waals surface area contributed by atoms with Gasteiger partial charge in [0.15, 0.2) is 12.1 Å². The first-order chi connectivity index (χ1) is 17.6. The van der Waals surface area contributed by atoms with Gasteiger partial charge in [-0.05, 0) is 31.0 Å². The SMILES string of the molecule is CC1(C)O[C@@H]2[C@@H](OCC[Si](C)(C)C)O[C@H]([C@H](COCc3ccccc3)OCc3ccccc3)[C@@H](O)[C@@H]2O1. The smallest absolute Gasteiger partial charge is 0.187 e. The molecule has 2 aromatic rings. The van der Waals surface area contributed by atoms with E-state index in [9.17, 15) is 5.11 Å². The first-order valence-electron chi connectivity index (χ1n) is 13.2. The van der Waals surface area contributed by atoms with E-state index in [1.54, 1.807) is 0 Å². The zero-order valence-corrected chi connectivity index (χ0v) is 23.7. The minimum absolute atomic E-state index is 0.243. The molecule has 8 heteroatoms. The summed E-state index contributed by atoms with van der Waals surface area (Å²) in [7, 11) is -1.30. The molecule has 37 heavy (non-hydrogen) atoms. The van der Waals surface area contributed by atoms with Gasteiger partial charge in [-0.3, -0.25) is 0 Å². The predicted molar refractivity (Wildman–Crippen MR) is 144 cm³/mol. The highest BCUT2D eigenvalue weighted by Gasteiger charge is 2.57. The maximum absolute atomic E-state index is 11.4. The summed E-state index contributed by atoms with van der Waals surface area (Å²) < 4.78 is 37.3. The van der Waals surface area contributed by atoms with Crippen LogP contribution in [0.1, 0.15) is 25.0 Å². The minimum Gasteiger partial charge on any atom is -0.387 e. The summed E-state index contributed by atoms with van der Waals surface area (Å²) in [5, 5.41) is 11.4. The lowest BCUT2D eigenvalue weighted by molar-refractivity contribution is -0.296. The Kier molecular flexibility index (Phi) is 9.58. The lowest BCUT2D eigenvalue weighted by Gasteiger charge is -2.42.